The van der Waals surface area contributed by atoms with E-state index in [4.69, 9.17) is 0 Å². The molecule has 2 heterocycles. The average Bonchev–Trinajstić information content (AvgIpc) is 3.35. The highest BCUT2D eigenvalue weighted by atomic mass is 32.1. The van der Waals surface area contributed by atoms with Gasteiger partial charge in [-0.05, 0) is 31.9 Å². The molecule has 3 aromatic rings. The van der Waals surface area contributed by atoms with Crippen molar-refractivity contribution in [1.29, 1.82) is 0 Å². The fourth-order valence-electron chi connectivity index (χ4n) is 2.56. The zero-order chi connectivity index (χ0) is 16.5. The Balaban J connectivity index is 1.51. The van der Waals surface area contributed by atoms with Crippen molar-refractivity contribution in [2.24, 2.45) is 0 Å². The first-order valence-corrected chi connectivity index (χ1v) is 8.70. The summed E-state index contributed by atoms with van der Waals surface area (Å²) in [6.07, 6.45) is 2.40. The second kappa shape index (κ2) is 6.13. The molecule has 0 aliphatic heterocycles. The molecule has 0 atom stereocenters. The van der Waals surface area contributed by atoms with Crippen LogP contribution < -0.4 is 5.32 Å². The predicted octanol–water partition coefficient (Wildman–Crippen LogP) is 4.04. The maximum atomic E-state index is 12.5. The van der Waals surface area contributed by atoms with Crippen molar-refractivity contribution in [1.82, 2.24) is 15.2 Å². The smallest absolute Gasteiger partial charge is 0.259 e. The van der Waals surface area contributed by atoms with Crippen LogP contribution >= 0.6 is 11.3 Å². The molecule has 1 aromatic carbocycles. The van der Waals surface area contributed by atoms with E-state index in [0.717, 1.165) is 22.0 Å². The summed E-state index contributed by atoms with van der Waals surface area (Å²) in [6.45, 7) is 1.87. The molecule has 1 fully saturated rings. The summed E-state index contributed by atoms with van der Waals surface area (Å²) < 4.78 is 0. The fourth-order valence-corrected chi connectivity index (χ4v) is 3.31. The summed E-state index contributed by atoms with van der Waals surface area (Å²) in [7, 11) is 0. The van der Waals surface area contributed by atoms with Crippen LogP contribution in [-0.4, -0.2) is 21.1 Å². The van der Waals surface area contributed by atoms with Gasteiger partial charge in [-0.1, -0.05) is 41.7 Å². The third kappa shape index (κ3) is 3.05. The first-order chi connectivity index (χ1) is 11.7. The van der Waals surface area contributed by atoms with Crippen LogP contribution in [0.1, 0.15) is 40.5 Å². The minimum absolute atomic E-state index is 0.196. The van der Waals surface area contributed by atoms with Crippen LogP contribution in [0.5, 0.6) is 0 Å². The van der Waals surface area contributed by atoms with Crippen molar-refractivity contribution in [3.8, 4) is 10.6 Å². The van der Waals surface area contributed by atoms with Gasteiger partial charge in [0.25, 0.3) is 5.91 Å². The fraction of sp³-hybridized carbons (Fsp3) is 0.222. The first-order valence-electron chi connectivity index (χ1n) is 7.88. The van der Waals surface area contributed by atoms with Gasteiger partial charge in [-0.15, -0.1) is 10.2 Å². The summed E-state index contributed by atoms with van der Waals surface area (Å²) in [5, 5.41) is 12.3. The van der Waals surface area contributed by atoms with Crippen molar-refractivity contribution >= 4 is 22.4 Å². The molecule has 2 aromatic heterocycles. The Kier molecular flexibility index (Phi) is 3.82. The third-order valence-electron chi connectivity index (χ3n) is 4.01. The van der Waals surface area contributed by atoms with Gasteiger partial charge in [0.05, 0.1) is 11.3 Å². The van der Waals surface area contributed by atoms with E-state index in [9.17, 15) is 4.79 Å². The van der Waals surface area contributed by atoms with Crippen LogP contribution in [0.25, 0.3) is 10.6 Å². The van der Waals surface area contributed by atoms with Gasteiger partial charge in [0, 0.05) is 17.2 Å². The van der Waals surface area contributed by atoms with Crippen molar-refractivity contribution in [3.63, 3.8) is 0 Å². The van der Waals surface area contributed by atoms with Crippen LogP contribution in [0.15, 0.2) is 42.5 Å². The molecule has 0 unspecified atom stereocenters. The molecule has 1 amide bonds. The van der Waals surface area contributed by atoms with Crippen LogP contribution in [0.3, 0.4) is 0 Å². The molecular formula is C18H16N4OS. The first kappa shape index (κ1) is 15.0. The molecule has 1 saturated carbocycles. The van der Waals surface area contributed by atoms with Gasteiger partial charge in [0.1, 0.15) is 5.01 Å². The van der Waals surface area contributed by atoms with Gasteiger partial charge in [-0.3, -0.25) is 15.1 Å². The Morgan fingerprint density at radius 3 is 2.62 bits per heavy atom. The average molecular weight is 336 g/mol. The molecule has 24 heavy (non-hydrogen) atoms. The van der Waals surface area contributed by atoms with Gasteiger partial charge in [-0.2, -0.15) is 0 Å². The largest absolute Gasteiger partial charge is 0.296 e. The molecule has 1 N–H and O–H groups in total. The highest BCUT2D eigenvalue weighted by molar-refractivity contribution is 7.18. The van der Waals surface area contributed by atoms with Gasteiger partial charge in [0.2, 0.25) is 5.13 Å². The number of aryl methyl sites for hydroxylation is 1. The number of hydrogen-bond acceptors (Lipinski definition) is 5. The lowest BCUT2D eigenvalue weighted by molar-refractivity contribution is 0.102. The number of benzene rings is 1. The van der Waals surface area contributed by atoms with E-state index in [0.29, 0.717) is 16.6 Å². The number of aromatic nitrogens is 3. The lowest BCUT2D eigenvalue weighted by Crippen LogP contribution is -2.14. The molecule has 0 radical (unpaired) electrons. The van der Waals surface area contributed by atoms with E-state index in [1.807, 2.05) is 49.4 Å². The number of hydrogen-bond donors (Lipinski definition) is 1. The molecule has 4 rings (SSSR count). The Bertz CT molecular complexity index is 887. The highest BCUT2D eigenvalue weighted by Gasteiger charge is 2.25. The second-order valence-electron chi connectivity index (χ2n) is 5.88. The molecule has 6 heteroatoms. The zero-order valence-corrected chi connectivity index (χ0v) is 14.0. The van der Waals surface area contributed by atoms with Crippen molar-refractivity contribution in [2.75, 3.05) is 5.32 Å². The Hall–Kier alpha value is -2.60. The van der Waals surface area contributed by atoms with E-state index >= 15 is 0 Å². The summed E-state index contributed by atoms with van der Waals surface area (Å²) >= 11 is 1.36. The number of carbonyl (C=O) groups is 1. The maximum absolute atomic E-state index is 12.5. The number of rotatable bonds is 4. The number of anilines is 1. The summed E-state index contributed by atoms with van der Waals surface area (Å²) in [6, 6.07) is 13.6. The van der Waals surface area contributed by atoms with Crippen molar-refractivity contribution in [3.05, 3.63) is 59.4 Å². The molecule has 120 valence electrons. The SMILES string of the molecule is Cc1nc(C2CC2)ccc1C(=O)Nc1nnc(-c2ccccc2)s1. The molecule has 0 bridgehead atoms. The van der Waals surface area contributed by atoms with E-state index in [1.54, 1.807) is 0 Å². The molecule has 0 spiro atoms. The van der Waals surface area contributed by atoms with Crippen LogP contribution in [-0.2, 0) is 0 Å². The van der Waals surface area contributed by atoms with Crippen LogP contribution in [0.4, 0.5) is 5.13 Å². The lowest BCUT2D eigenvalue weighted by Gasteiger charge is -2.06. The van der Waals surface area contributed by atoms with Crippen LogP contribution in [0, 0.1) is 6.92 Å². The number of nitrogens with one attached hydrogen (secondary N) is 1. The quantitative estimate of drug-likeness (QED) is 0.781. The summed E-state index contributed by atoms with van der Waals surface area (Å²) in [4.78, 5) is 17.0. The molecule has 1 aliphatic carbocycles. The molecule has 5 nitrogen and oxygen atoms in total. The van der Waals surface area contributed by atoms with Gasteiger partial charge in [-0.25, -0.2) is 0 Å². The summed E-state index contributed by atoms with van der Waals surface area (Å²) in [5.74, 6) is 0.385. The summed E-state index contributed by atoms with van der Waals surface area (Å²) in [5.41, 5.74) is 3.41. The molecule has 0 saturated heterocycles. The molecular weight excluding hydrogens is 320 g/mol. The van der Waals surface area contributed by atoms with Gasteiger partial charge < -0.3 is 0 Å². The number of pyridine rings is 1. The van der Waals surface area contributed by atoms with E-state index in [-0.39, 0.29) is 5.91 Å². The standard InChI is InChI=1S/C18H16N4OS/c1-11-14(9-10-15(19-11)12-7-8-12)16(23)20-18-22-21-17(24-18)13-5-3-2-4-6-13/h2-6,9-10,12H,7-8H2,1H3,(H,20,22,23). The molecule has 1 aliphatic rings. The Labute approximate surface area is 143 Å². The van der Waals surface area contributed by atoms with Crippen molar-refractivity contribution < 1.29 is 4.79 Å². The highest BCUT2D eigenvalue weighted by Crippen LogP contribution is 2.39. The number of carbonyl (C=O) groups excluding carboxylic acids is 1. The number of amides is 1. The lowest BCUT2D eigenvalue weighted by atomic mass is 10.1. The normalized spacial score (nSPS) is 13.7. The maximum Gasteiger partial charge on any atom is 0.259 e. The van der Waals surface area contributed by atoms with Crippen molar-refractivity contribution in [2.45, 2.75) is 25.7 Å². The topological polar surface area (TPSA) is 67.8 Å². The minimum atomic E-state index is -0.196. The zero-order valence-electron chi connectivity index (χ0n) is 13.2. The Morgan fingerprint density at radius 1 is 1.12 bits per heavy atom. The predicted molar refractivity (Wildman–Crippen MR) is 94.2 cm³/mol. The second-order valence-corrected chi connectivity index (χ2v) is 6.85. The third-order valence-corrected chi connectivity index (χ3v) is 4.90. The van der Waals surface area contributed by atoms with Gasteiger partial charge >= 0.3 is 0 Å². The van der Waals surface area contributed by atoms with E-state index < -0.39 is 0 Å². The van der Waals surface area contributed by atoms with E-state index in [2.05, 4.69) is 20.5 Å². The van der Waals surface area contributed by atoms with E-state index in [1.165, 1.54) is 24.2 Å². The van der Waals surface area contributed by atoms with Gasteiger partial charge in [0.15, 0.2) is 0 Å². The number of nitrogens with zero attached hydrogens (tertiary/aromatic N) is 3. The minimum Gasteiger partial charge on any atom is -0.296 e. The monoisotopic (exact) mass is 336 g/mol. The van der Waals surface area contributed by atoms with Crippen LogP contribution in [0.2, 0.25) is 0 Å². The Morgan fingerprint density at radius 2 is 1.92 bits per heavy atom.